The van der Waals surface area contributed by atoms with Crippen LogP contribution in [0.3, 0.4) is 0 Å². The van der Waals surface area contributed by atoms with Gasteiger partial charge in [-0.2, -0.15) is 0 Å². The molecule has 0 unspecified atom stereocenters. The van der Waals surface area contributed by atoms with Crippen LogP contribution in [0.15, 0.2) is 47.1 Å². The predicted octanol–water partition coefficient (Wildman–Crippen LogP) is 2.21. The SMILES string of the molecule is CCN(CC)c1ccc(N(CC(=O)NCc2ccco2)S(C)(=O)=O)cc1. The second-order valence-electron chi connectivity index (χ2n) is 5.81. The van der Waals surface area contributed by atoms with Gasteiger partial charge >= 0.3 is 0 Å². The number of amides is 1. The molecule has 1 aromatic heterocycles. The van der Waals surface area contributed by atoms with E-state index in [9.17, 15) is 13.2 Å². The summed E-state index contributed by atoms with van der Waals surface area (Å²) in [6.45, 7) is 5.77. The number of nitrogens with zero attached hydrogens (tertiary/aromatic N) is 2. The summed E-state index contributed by atoms with van der Waals surface area (Å²) >= 11 is 0. The Morgan fingerprint density at radius 1 is 1.08 bits per heavy atom. The highest BCUT2D eigenvalue weighted by Crippen LogP contribution is 2.22. The van der Waals surface area contributed by atoms with Crippen LogP contribution in [0.5, 0.6) is 0 Å². The third kappa shape index (κ3) is 5.26. The van der Waals surface area contributed by atoms with E-state index in [0.29, 0.717) is 11.4 Å². The molecule has 0 atom stereocenters. The smallest absolute Gasteiger partial charge is 0.241 e. The molecule has 1 amide bonds. The maximum absolute atomic E-state index is 12.2. The van der Waals surface area contributed by atoms with E-state index < -0.39 is 15.9 Å². The van der Waals surface area contributed by atoms with Gasteiger partial charge < -0.3 is 14.6 Å². The second-order valence-corrected chi connectivity index (χ2v) is 7.72. The van der Waals surface area contributed by atoms with E-state index in [0.717, 1.165) is 29.3 Å². The molecular formula is C18H25N3O4S. The minimum absolute atomic E-state index is 0.213. The van der Waals surface area contributed by atoms with Crippen LogP contribution >= 0.6 is 0 Å². The Kier molecular flexibility index (Phi) is 6.68. The summed E-state index contributed by atoms with van der Waals surface area (Å²) in [4.78, 5) is 14.3. The van der Waals surface area contributed by atoms with E-state index in [-0.39, 0.29) is 13.1 Å². The summed E-state index contributed by atoms with van der Waals surface area (Å²) in [6.07, 6.45) is 2.60. The largest absolute Gasteiger partial charge is 0.467 e. The van der Waals surface area contributed by atoms with Gasteiger partial charge in [-0.05, 0) is 50.2 Å². The number of hydrogen-bond acceptors (Lipinski definition) is 5. The number of sulfonamides is 1. The first-order chi connectivity index (χ1) is 12.3. The molecule has 0 saturated carbocycles. The molecule has 1 aromatic carbocycles. The van der Waals surface area contributed by atoms with Gasteiger partial charge in [0.15, 0.2) is 0 Å². The summed E-state index contributed by atoms with van der Waals surface area (Å²) < 4.78 is 30.5. The van der Waals surface area contributed by atoms with Gasteiger partial charge in [-0.1, -0.05) is 0 Å². The molecule has 0 saturated heterocycles. The molecule has 0 fully saturated rings. The second kappa shape index (κ2) is 8.75. The van der Waals surface area contributed by atoms with Gasteiger partial charge in [0.25, 0.3) is 0 Å². The first-order valence-corrected chi connectivity index (χ1v) is 10.3. The van der Waals surface area contributed by atoms with E-state index >= 15 is 0 Å². The lowest BCUT2D eigenvalue weighted by atomic mass is 10.2. The number of benzene rings is 1. The topological polar surface area (TPSA) is 82.9 Å². The lowest BCUT2D eigenvalue weighted by Gasteiger charge is -2.24. The lowest BCUT2D eigenvalue weighted by Crippen LogP contribution is -2.40. The molecule has 26 heavy (non-hydrogen) atoms. The van der Waals surface area contributed by atoms with Gasteiger partial charge in [-0.25, -0.2) is 8.42 Å². The van der Waals surface area contributed by atoms with Crippen molar-refractivity contribution >= 4 is 27.3 Å². The van der Waals surface area contributed by atoms with Gasteiger partial charge in [-0.15, -0.1) is 0 Å². The summed E-state index contributed by atoms with van der Waals surface area (Å²) in [6, 6.07) is 10.6. The molecule has 2 aromatic rings. The van der Waals surface area contributed by atoms with Crippen LogP contribution in [0.25, 0.3) is 0 Å². The number of hydrogen-bond donors (Lipinski definition) is 1. The monoisotopic (exact) mass is 379 g/mol. The highest BCUT2D eigenvalue weighted by Gasteiger charge is 2.21. The van der Waals surface area contributed by atoms with Crippen molar-refractivity contribution in [2.45, 2.75) is 20.4 Å². The molecule has 7 nitrogen and oxygen atoms in total. The Balaban J connectivity index is 2.10. The Morgan fingerprint density at radius 2 is 1.69 bits per heavy atom. The molecule has 0 aliphatic heterocycles. The number of furan rings is 1. The number of carbonyl (C=O) groups excluding carboxylic acids is 1. The third-order valence-electron chi connectivity index (χ3n) is 3.99. The normalized spacial score (nSPS) is 11.2. The van der Waals surface area contributed by atoms with E-state index in [1.165, 1.54) is 6.26 Å². The number of carbonyl (C=O) groups is 1. The van der Waals surface area contributed by atoms with Crippen LogP contribution in [0.4, 0.5) is 11.4 Å². The van der Waals surface area contributed by atoms with Crippen molar-refractivity contribution in [3.63, 3.8) is 0 Å². The number of nitrogens with one attached hydrogen (secondary N) is 1. The Bertz CT molecular complexity index is 797. The highest BCUT2D eigenvalue weighted by molar-refractivity contribution is 7.92. The number of rotatable bonds is 9. The molecular weight excluding hydrogens is 354 g/mol. The average molecular weight is 379 g/mol. The predicted molar refractivity (Wildman–Crippen MR) is 103 cm³/mol. The molecule has 0 radical (unpaired) electrons. The lowest BCUT2D eigenvalue weighted by molar-refractivity contribution is -0.119. The summed E-state index contributed by atoms with van der Waals surface area (Å²) in [7, 11) is -3.59. The molecule has 8 heteroatoms. The van der Waals surface area contributed by atoms with Crippen LogP contribution in [0.1, 0.15) is 19.6 Å². The van der Waals surface area contributed by atoms with Crippen LogP contribution in [0, 0.1) is 0 Å². The zero-order valence-corrected chi connectivity index (χ0v) is 16.1. The summed E-state index contributed by atoms with van der Waals surface area (Å²) in [5.41, 5.74) is 1.46. The Labute approximate surface area is 154 Å². The maximum atomic E-state index is 12.2. The summed E-state index contributed by atoms with van der Waals surface area (Å²) in [5.74, 6) is 0.201. The van der Waals surface area contributed by atoms with E-state index in [2.05, 4.69) is 24.1 Å². The van der Waals surface area contributed by atoms with Gasteiger partial charge in [0.05, 0.1) is 24.8 Å². The minimum atomic E-state index is -3.59. The fourth-order valence-corrected chi connectivity index (χ4v) is 3.46. The van der Waals surface area contributed by atoms with Crippen molar-refractivity contribution in [1.29, 1.82) is 0 Å². The van der Waals surface area contributed by atoms with E-state index in [4.69, 9.17) is 4.42 Å². The zero-order chi connectivity index (χ0) is 19.2. The van der Waals surface area contributed by atoms with Crippen molar-refractivity contribution in [2.75, 3.05) is 35.1 Å². The zero-order valence-electron chi connectivity index (χ0n) is 15.3. The molecule has 0 aliphatic rings. The van der Waals surface area contributed by atoms with Crippen molar-refractivity contribution in [1.82, 2.24) is 5.32 Å². The van der Waals surface area contributed by atoms with Crippen molar-refractivity contribution < 1.29 is 17.6 Å². The standard InChI is InChI=1S/C18H25N3O4S/c1-4-20(5-2)15-8-10-16(11-9-15)21(26(3,23)24)14-18(22)19-13-17-7-6-12-25-17/h6-12H,4-5,13-14H2,1-3H3,(H,19,22). The van der Waals surface area contributed by atoms with Crippen molar-refractivity contribution in [3.05, 3.63) is 48.4 Å². The molecule has 0 aliphatic carbocycles. The van der Waals surface area contributed by atoms with Crippen LogP contribution < -0.4 is 14.5 Å². The van der Waals surface area contributed by atoms with Crippen LogP contribution in [-0.2, 0) is 21.4 Å². The first-order valence-electron chi connectivity index (χ1n) is 8.47. The van der Waals surface area contributed by atoms with Crippen LogP contribution in [-0.4, -0.2) is 40.2 Å². The van der Waals surface area contributed by atoms with Crippen molar-refractivity contribution in [2.24, 2.45) is 0 Å². The van der Waals surface area contributed by atoms with Gasteiger partial charge in [0.2, 0.25) is 15.9 Å². The molecule has 2 rings (SSSR count). The highest BCUT2D eigenvalue weighted by atomic mass is 32.2. The average Bonchev–Trinajstić information content (AvgIpc) is 3.12. The van der Waals surface area contributed by atoms with E-state index in [1.54, 1.807) is 24.3 Å². The molecule has 0 bridgehead atoms. The van der Waals surface area contributed by atoms with Gasteiger partial charge in [0, 0.05) is 18.8 Å². The quantitative estimate of drug-likeness (QED) is 0.722. The Hall–Kier alpha value is -2.48. The number of anilines is 2. The van der Waals surface area contributed by atoms with Gasteiger partial charge in [-0.3, -0.25) is 9.10 Å². The van der Waals surface area contributed by atoms with Gasteiger partial charge in [0.1, 0.15) is 12.3 Å². The molecule has 142 valence electrons. The fourth-order valence-electron chi connectivity index (χ4n) is 2.60. The van der Waals surface area contributed by atoms with Crippen molar-refractivity contribution in [3.8, 4) is 0 Å². The maximum Gasteiger partial charge on any atom is 0.241 e. The molecule has 1 N–H and O–H groups in total. The Morgan fingerprint density at radius 3 is 2.19 bits per heavy atom. The third-order valence-corrected chi connectivity index (χ3v) is 5.13. The summed E-state index contributed by atoms with van der Waals surface area (Å²) in [5, 5.41) is 2.66. The fraction of sp³-hybridized carbons (Fsp3) is 0.389. The minimum Gasteiger partial charge on any atom is -0.467 e. The molecule has 0 spiro atoms. The molecule has 1 heterocycles. The van der Waals surface area contributed by atoms with E-state index in [1.807, 2.05) is 12.1 Å². The first kappa shape index (κ1) is 19.8. The van der Waals surface area contributed by atoms with Crippen LogP contribution in [0.2, 0.25) is 0 Å².